The average Bonchev–Trinajstić information content (AvgIpc) is 3.33. The number of amides is 1. The maximum absolute atomic E-state index is 13.8. The molecule has 1 heterocycles. The second-order valence-corrected chi connectivity index (χ2v) is 12.5. The van der Waals surface area contributed by atoms with Crippen LogP contribution in [-0.4, -0.2) is 64.0 Å². The number of oxazole rings is 1. The summed E-state index contributed by atoms with van der Waals surface area (Å²) >= 11 is 0. The van der Waals surface area contributed by atoms with Gasteiger partial charge < -0.3 is 25.7 Å². The molecule has 1 amide bonds. The van der Waals surface area contributed by atoms with Gasteiger partial charge in [-0.2, -0.15) is 9.29 Å². The van der Waals surface area contributed by atoms with Gasteiger partial charge in [0.1, 0.15) is 5.52 Å². The van der Waals surface area contributed by atoms with E-state index in [0.29, 0.717) is 5.52 Å². The monoisotopic (exact) mass is 611 g/mol. The van der Waals surface area contributed by atoms with E-state index in [2.05, 4.69) is 10.3 Å². The minimum atomic E-state index is -4.15. The number of rotatable bonds is 12. The molecule has 0 saturated carbocycles. The van der Waals surface area contributed by atoms with Crippen LogP contribution in [0, 0.1) is 23.0 Å². The van der Waals surface area contributed by atoms with Crippen LogP contribution in [0.1, 0.15) is 35.3 Å². The number of aromatic hydroxyl groups is 1. The molecule has 5 N–H and O–H groups in total. The van der Waals surface area contributed by atoms with Gasteiger partial charge in [0.05, 0.1) is 22.0 Å². The fourth-order valence-electron chi connectivity index (χ4n) is 4.72. The van der Waals surface area contributed by atoms with E-state index in [-0.39, 0.29) is 53.0 Å². The van der Waals surface area contributed by atoms with E-state index in [1.807, 2.05) is 19.9 Å². The zero-order chi connectivity index (χ0) is 31.5. The molecule has 0 aliphatic heterocycles. The minimum absolute atomic E-state index is 0.00731. The van der Waals surface area contributed by atoms with Crippen molar-refractivity contribution in [2.75, 3.05) is 18.8 Å². The van der Waals surface area contributed by atoms with Crippen molar-refractivity contribution in [1.82, 2.24) is 14.6 Å². The van der Waals surface area contributed by atoms with Gasteiger partial charge in [-0.25, -0.2) is 8.42 Å². The average molecular weight is 612 g/mol. The van der Waals surface area contributed by atoms with Gasteiger partial charge in [-0.05, 0) is 43.0 Å². The Labute approximate surface area is 248 Å². The van der Waals surface area contributed by atoms with E-state index in [4.69, 9.17) is 10.2 Å². The zero-order valence-electron chi connectivity index (χ0n) is 23.8. The number of nitro groups is 1. The molecule has 43 heavy (non-hydrogen) atoms. The Morgan fingerprint density at radius 1 is 1.14 bits per heavy atom. The lowest BCUT2D eigenvalue weighted by molar-refractivity contribution is -0.385. The van der Waals surface area contributed by atoms with Crippen LogP contribution in [0.25, 0.3) is 11.1 Å². The molecule has 4 aromatic rings. The number of hydrogen-bond acceptors (Lipinski definition) is 10. The molecule has 0 aliphatic carbocycles. The lowest BCUT2D eigenvalue weighted by Gasteiger charge is -2.31. The number of aliphatic hydroxyl groups is 1. The highest BCUT2D eigenvalue weighted by Gasteiger charge is 2.32. The molecule has 3 aromatic carbocycles. The number of carbonyl (C=O) groups is 1. The molecule has 0 bridgehead atoms. The third kappa shape index (κ3) is 7.10. The van der Waals surface area contributed by atoms with Gasteiger partial charge in [-0.15, -0.1) is 0 Å². The van der Waals surface area contributed by atoms with Crippen molar-refractivity contribution in [2.45, 2.75) is 44.2 Å². The molecule has 0 spiro atoms. The van der Waals surface area contributed by atoms with E-state index >= 15 is 0 Å². The van der Waals surface area contributed by atoms with Gasteiger partial charge in [-0.1, -0.05) is 44.2 Å². The number of nitrogens with one attached hydrogen (secondary N) is 1. The molecule has 0 radical (unpaired) electrons. The maximum Gasteiger partial charge on any atom is 0.311 e. The van der Waals surface area contributed by atoms with Crippen molar-refractivity contribution in [3.8, 4) is 5.75 Å². The summed E-state index contributed by atoms with van der Waals surface area (Å²) in [5.74, 6) is -1.45. The summed E-state index contributed by atoms with van der Waals surface area (Å²) in [5, 5.41) is 35.7. The van der Waals surface area contributed by atoms with Crippen LogP contribution in [0.15, 0.2) is 70.0 Å². The standard InChI is InChI=1S/C29H33N5O8S/c1-17(2)15-33(43(40,41)20-9-11-22-26(14-20)42-29(30)32-22)16-25(35)23(13-19-7-5-4-6-8-19)31-28(37)21-10-12-24(34(38)39)27(36)18(21)3/h4-12,14,17,23,25,35-36H,13,15-16H2,1-3H3,(H2,30,32)(H,31,37)/t23-,25+/m0/s1. The molecule has 1 aromatic heterocycles. The van der Waals surface area contributed by atoms with E-state index in [1.54, 1.807) is 24.3 Å². The SMILES string of the molecule is Cc1c(C(=O)N[C@@H](Cc2ccccc2)[C@H](O)CN(CC(C)C)S(=O)(=O)c2ccc3nc(N)oc3c2)ccc([N+](=O)[O-])c1O. The summed E-state index contributed by atoms with van der Waals surface area (Å²) in [4.78, 5) is 27.7. The van der Waals surface area contributed by atoms with Crippen LogP contribution in [-0.2, 0) is 16.4 Å². The third-order valence-corrected chi connectivity index (χ3v) is 8.73. The number of phenolic OH excluding ortho intramolecular Hbond substituents is 1. The van der Waals surface area contributed by atoms with Crippen molar-refractivity contribution in [2.24, 2.45) is 5.92 Å². The number of benzene rings is 3. The van der Waals surface area contributed by atoms with Crippen LogP contribution in [0.3, 0.4) is 0 Å². The first-order chi connectivity index (χ1) is 20.3. The molecule has 0 saturated heterocycles. The van der Waals surface area contributed by atoms with Crippen LogP contribution in [0.5, 0.6) is 5.75 Å². The van der Waals surface area contributed by atoms with Gasteiger partial charge in [0.2, 0.25) is 10.0 Å². The summed E-state index contributed by atoms with van der Waals surface area (Å²) in [5.41, 5.74) is 6.38. The predicted molar refractivity (Wildman–Crippen MR) is 159 cm³/mol. The number of hydrogen-bond donors (Lipinski definition) is 4. The summed E-state index contributed by atoms with van der Waals surface area (Å²) < 4.78 is 34.1. The number of nitro benzene ring substituents is 1. The molecular weight excluding hydrogens is 578 g/mol. The highest BCUT2D eigenvalue weighted by molar-refractivity contribution is 7.89. The first-order valence-corrected chi connectivity index (χ1v) is 14.9. The predicted octanol–water partition coefficient (Wildman–Crippen LogP) is 3.38. The van der Waals surface area contributed by atoms with Gasteiger partial charge in [0, 0.05) is 36.3 Å². The minimum Gasteiger partial charge on any atom is -0.502 e. The second kappa shape index (κ2) is 12.8. The normalized spacial score (nSPS) is 13.3. The van der Waals surface area contributed by atoms with Crippen LogP contribution in [0.4, 0.5) is 11.7 Å². The highest BCUT2D eigenvalue weighted by Crippen LogP contribution is 2.31. The maximum atomic E-state index is 13.8. The number of aromatic nitrogens is 1. The number of sulfonamides is 1. The van der Waals surface area contributed by atoms with Gasteiger partial charge >= 0.3 is 5.69 Å². The van der Waals surface area contributed by atoms with Crippen LogP contribution >= 0.6 is 0 Å². The Hall–Kier alpha value is -4.53. The van der Waals surface area contributed by atoms with E-state index in [1.165, 1.54) is 31.2 Å². The number of nitrogens with two attached hydrogens (primary N) is 1. The number of fused-ring (bicyclic) bond motifs is 1. The largest absolute Gasteiger partial charge is 0.502 e. The molecule has 2 atom stereocenters. The van der Waals surface area contributed by atoms with Crippen LogP contribution in [0.2, 0.25) is 0 Å². The molecular formula is C29H33N5O8S. The Kier molecular flexibility index (Phi) is 9.33. The summed E-state index contributed by atoms with van der Waals surface area (Å²) in [7, 11) is -4.15. The number of nitrogen functional groups attached to an aromatic ring is 1. The summed E-state index contributed by atoms with van der Waals surface area (Å²) in [6.07, 6.45) is -1.24. The van der Waals surface area contributed by atoms with Crippen LogP contribution < -0.4 is 11.1 Å². The quantitative estimate of drug-likeness (QED) is 0.136. The van der Waals surface area contributed by atoms with E-state index in [9.17, 15) is 33.5 Å². The fourth-order valence-corrected chi connectivity index (χ4v) is 6.36. The van der Waals surface area contributed by atoms with Gasteiger partial charge in [-0.3, -0.25) is 14.9 Å². The first-order valence-electron chi connectivity index (χ1n) is 13.4. The Balaban J connectivity index is 1.65. The summed E-state index contributed by atoms with van der Waals surface area (Å²) in [6, 6.07) is 14.3. The third-order valence-electron chi connectivity index (χ3n) is 6.90. The lowest BCUT2D eigenvalue weighted by Crippen LogP contribution is -2.51. The fraction of sp³-hybridized carbons (Fsp3) is 0.310. The molecule has 13 nitrogen and oxygen atoms in total. The second-order valence-electron chi connectivity index (χ2n) is 10.6. The van der Waals surface area contributed by atoms with Crippen molar-refractivity contribution in [1.29, 1.82) is 0 Å². The topological polar surface area (TPSA) is 202 Å². The smallest absolute Gasteiger partial charge is 0.311 e. The molecule has 0 aliphatic rings. The number of aliphatic hydroxyl groups excluding tert-OH is 1. The Bertz CT molecular complexity index is 1740. The van der Waals surface area contributed by atoms with E-state index < -0.39 is 44.4 Å². The number of carbonyl (C=O) groups excluding carboxylic acids is 1. The lowest BCUT2D eigenvalue weighted by atomic mass is 9.99. The Morgan fingerprint density at radius 2 is 1.84 bits per heavy atom. The Morgan fingerprint density at radius 3 is 2.49 bits per heavy atom. The molecule has 0 unspecified atom stereocenters. The van der Waals surface area contributed by atoms with Crippen molar-refractivity contribution >= 4 is 38.7 Å². The van der Waals surface area contributed by atoms with Gasteiger partial charge in [0.25, 0.3) is 11.9 Å². The van der Waals surface area contributed by atoms with Crippen molar-refractivity contribution < 1.29 is 32.8 Å². The number of phenols is 1. The molecule has 0 fully saturated rings. The van der Waals surface area contributed by atoms with Crippen molar-refractivity contribution in [3.63, 3.8) is 0 Å². The number of anilines is 1. The van der Waals surface area contributed by atoms with E-state index in [0.717, 1.165) is 15.9 Å². The molecule has 228 valence electrons. The first kappa shape index (κ1) is 31.4. The summed E-state index contributed by atoms with van der Waals surface area (Å²) in [6.45, 7) is 4.75. The zero-order valence-corrected chi connectivity index (χ0v) is 24.6. The molecule has 14 heteroatoms. The highest BCUT2D eigenvalue weighted by atomic mass is 32.2. The van der Waals surface area contributed by atoms with Crippen molar-refractivity contribution in [3.05, 3.63) is 87.5 Å². The molecule has 4 rings (SSSR count). The number of nitrogens with zero attached hydrogens (tertiary/aromatic N) is 3. The van der Waals surface area contributed by atoms with Gasteiger partial charge in [0.15, 0.2) is 11.3 Å².